The molecule has 1 aliphatic rings. The van der Waals surface area contributed by atoms with Crippen molar-refractivity contribution in [1.29, 1.82) is 0 Å². The molecule has 5 heteroatoms. The molecular weight excluding hydrogens is 352 g/mol. The van der Waals surface area contributed by atoms with Gasteiger partial charge in [-0.15, -0.1) is 11.6 Å². The maximum absolute atomic E-state index is 10.4. The Hall–Kier alpha value is -1.43. The Morgan fingerprint density at radius 1 is 0.885 bits per heavy atom. The molecule has 0 saturated heterocycles. The normalized spacial score (nSPS) is 28.8. The molecule has 0 unspecified atom stereocenters. The summed E-state index contributed by atoms with van der Waals surface area (Å²) in [6.45, 7) is 0.714. The van der Waals surface area contributed by atoms with Gasteiger partial charge >= 0.3 is 0 Å². The molecule has 26 heavy (non-hydrogen) atoms. The summed E-state index contributed by atoms with van der Waals surface area (Å²) in [7, 11) is 0. The van der Waals surface area contributed by atoms with Crippen molar-refractivity contribution in [3.05, 3.63) is 71.8 Å². The molecule has 3 rings (SSSR count). The Morgan fingerprint density at radius 2 is 1.42 bits per heavy atom. The highest BCUT2D eigenvalue weighted by molar-refractivity contribution is 6.21. The lowest BCUT2D eigenvalue weighted by Crippen LogP contribution is -2.53. The van der Waals surface area contributed by atoms with Gasteiger partial charge in [-0.25, -0.2) is 0 Å². The number of benzene rings is 2. The number of rotatable bonds is 7. The molecule has 0 amide bonds. The van der Waals surface area contributed by atoms with Crippen molar-refractivity contribution in [2.75, 3.05) is 6.61 Å². The molecule has 0 aromatic heterocycles. The van der Waals surface area contributed by atoms with Crippen LogP contribution in [0.3, 0.4) is 0 Å². The Kier molecular flexibility index (Phi) is 7.06. The van der Waals surface area contributed by atoms with Gasteiger partial charge in [-0.1, -0.05) is 60.7 Å². The van der Waals surface area contributed by atoms with Gasteiger partial charge in [-0.3, -0.25) is 0 Å². The number of ether oxygens (including phenoxy) is 2. The van der Waals surface area contributed by atoms with Gasteiger partial charge in [0.15, 0.2) is 0 Å². The molecule has 2 aromatic rings. The average molecular weight is 377 g/mol. The summed E-state index contributed by atoms with van der Waals surface area (Å²) in [4.78, 5) is 0. The fourth-order valence-corrected chi connectivity index (χ4v) is 3.76. The summed E-state index contributed by atoms with van der Waals surface area (Å²) in [5, 5.41) is 19.3. The van der Waals surface area contributed by atoms with Gasteiger partial charge in [0.1, 0.15) is 6.10 Å². The van der Waals surface area contributed by atoms with Gasteiger partial charge in [0.25, 0.3) is 0 Å². The second-order valence-corrected chi connectivity index (χ2v) is 7.21. The molecule has 0 heterocycles. The standard InChI is InChI=1S/C21H25ClO4/c22-19-20(24)17(12-23)11-18(25-13-15-7-3-1-4-8-15)21(19)26-14-16-9-5-2-6-10-16/h1-10,17-21,23-24H,11-14H2/t17-,18+,19-,20+,21+/m1/s1. The van der Waals surface area contributed by atoms with Crippen LogP contribution < -0.4 is 0 Å². The van der Waals surface area contributed by atoms with Gasteiger partial charge in [0, 0.05) is 12.5 Å². The molecule has 140 valence electrons. The third-order valence-corrected chi connectivity index (χ3v) is 5.36. The van der Waals surface area contributed by atoms with Crippen molar-refractivity contribution in [2.24, 2.45) is 5.92 Å². The second kappa shape index (κ2) is 9.49. The van der Waals surface area contributed by atoms with Crippen molar-refractivity contribution in [3.63, 3.8) is 0 Å². The van der Waals surface area contributed by atoms with E-state index in [0.717, 1.165) is 11.1 Å². The van der Waals surface area contributed by atoms with E-state index in [4.69, 9.17) is 21.1 Å². The number of hydrogen-bond acceptors (Lipinski definition) is 4. The van der Waals surface area contributed by atoms with Gasteiger partial charge in [-0.05, 0) is 17.5 Å². The van der Waals surface area contributed by atoms with Crippen molar-refractivity contribution < 1.29 is 19.7 Å². The van der Waals surface area contributed by atoms with E-state index in [1.54, 1.807) is 0 Å². The highest BCUT2D eigenvalue weighted by atomic mass is 35.5. The SMILES string of the molecule is OC[C@H]1C[C@H](OCc2ccccc2)[C@H](OCc2ccccc2)[C@H](Cl)[C@H]1O. The molecule has 0 spiro atoms. The topological polar surface area (TPSA) is 58.9 Å². The van der Waals surface area contributed by atoms with Crippen molar-refractivity contribution >= 4 is 11.6 Å². The molecule has 5 atom stereocenters. The number of halogens is 1. The summed E-state index contributed by atoms with van der Waals surface area (Å²) >= 11 is 6.48. The van der Waals surface area contributed by atoms with Gasteiger partial charge < -0.3 is 19.7 Å². The molecule has 4 nitrogen and oxygen atoms in total. The number of alkyl halides is 1. The molecular formula is C21H25ClO4. The Morgan fingerprint density at radius 3 is 1.96 bits per heavy atom. The minimum Gasteiger partial charge on any atom is -0.396 e. The van der Waals surface area contributed by atoms with Crippen molar-refractivity contribution in [3.8, 4) is 0 Å². The quantitative estimate of drug-likeness (QED) is 0.729. The van der Waals surface area contributed by atoms with Crippen LogP contribution in [0.2, 0.25) is 0 Å². The highest BCUT2D eigenvalue weighted by Gasteiger charge is 2.44. The van der Waals surface area contributed by atoms with E-state index in [0.29, 0.717) is 19.6 Å². The van der Waals surface area contributed by atoms with E-state index in [1.807, 2.05) is 60.7 Å². The van der Waals surface area contributed by atoms with Gasteiger partial charge in [-0.2, -0.15) is 0 Å². The lowest BCUT2D eigenvalue weighted by atomic mass is 9.82. The summed E-state index contributed by atoms with van der Waals surface area (Å²) in [6.07, 6.45) is -1.05. The van der Waals surface area contributed by atoms with E-state index in [1.165, 1.54) is 0 Å². The monoisotopic (exact) mass is 376 g/mol. The summed E-state index contributed by atoms with van der Waals surface area (Å²) in [5.41, 5.74) is 2.10. The van der Waals surface area contributed by atoms with E-state index >= 15 is 0 Å². The average Bonchev–Trinajstić information content (AvgIpc) is 2.69. The summed E-state index contributed by atoms with van der Waals surface area (Å²) < 4.78 is 12.1. The zero-order valence-electron chi connectivity index (χ0n) is 14.6. The van der Waals surface area contributed by atoms with Crippen LogP contribution in [0.25, 0.3) is 0 Å². The first kappa shape index (κ1) is 19.3. The zero-order valence-corrected chi connectivity index (χ0v) is 15.3. The second-order valence-electron chi connectivity index (χ2n) is 6.71. The minimum absolute atomic E-state index is 0.124. The molecule has 0 aliphatic heterocycles. The smallest absolute Gasteiger partial charge is 0.103 e. The van der Waals surface area contributed by atoms with Crippen LogP contribution in [0.1, 0.15) is 17.5 Å². The molecule has 1 aliphatic carbocycles. The number of aliphatic hydroxyl groups is 2. The Bertz CT molecular complexity index is 652. The minimum atomic E-state index is -0.820. The third kappa shape index (κ3) is 4.84. The lowest BCUT2D eigenvalue weighted by molar-refractivity contribution is -0.142. The molecule has 1 fully saturated rings. The summed E-state index contributed by atoms with van der Waals surface area (Å²) in [5.74, 6) is -0.310. The molecule has 0 bridgehead atoms. The fraction of sp³-hybridized carbons (Fsp3) is 0.429. The number of hydrogen-bond donors (Lipinski definition) is 2. The lowest BCUT2D eigenvalue weighted by Gasteiger charge is -2.41. The van der Waals surface area contributed by atoms with Crippen LogP contribution in [0.4, 0.5) is 0 Å². The molecule has 1 saturated carbocycles. The Labute approximate surface area is 159 Å². The highest BCUT2D eigenvalue weighted by Crippen LogP contribution is 2.33. The van der Waals surface area contributed by atoms with E-state index in [2.05, 4.69) is 0 Å². The fourth-order valence-electron chi connectivity index (χ4n) is 3.32. The number of aliphatic hydroxyl groups excluding tert-OH is 2. The first-order valence-electron chi connectivity index (χ1n) is 8.93. The third-order valence-electron chi connectivity index (χ3n) is 4.85. The van der Waals surface area contributed by atoms with E-state index < -0.39 is 17.6 Å². The van der Waals surface area contributed by atoms with Crippen LogP contribution in [-0.2, 0) is 22.7 Å². The van der Waals surface area contributed by atoms with Crippen molar-refractivity contribution in [2.45, 2.75) is 43.3 Å². The maximum Gasteiger partial charge on any atom is 0.103 e. The zero-order chi connectivity index (χ0) is 18.4. The Balaban J connectivity index is 1.68. The molecule has 0 radical (unpaired) electrons. The van der Waals surface area contributed by atoms with Crippen LogP contribution >= 0.6 is 11.6 Å². The largest absolute Gasteiger partial charge is 0.396 e. The maximum atomic E-state index is 10.4. The van der Waals surface area contributed by atoms with E-state index in [-0.39, 0.29) is 18.6 Å². The predicted octanol–water partition coefficient (Wildman–Crippen LogP) is 3.14. The molecule has 2 N–H and O–H groups in total. The van der Waals surface area contributed by atoms with Crippen LogP contribution in [0, 0.1) is 5.92 Å². The van der Waals surface area contributed by atoms with Crippen LogP contribution in [0.5, 0.6) is 0 Å². The van der Waals surface area contributed by atoms with Gasteiger partial charge in [0.05, 0.1) is 30.8 Å². The van der Waals surface area contributed by atoms with Gasteiger partial charge in [0.2, 0.25) is 0 Å². The first-order chi connectivity index (χ1) is 12.7. The van der Waals surface area contributed by atoms with E-state index in [9.17, 15) is 10.2 Å². The summed E-state index contributed by atoms with van der Waals surface area (Å²) in [6, 6.07) is 19.7. The predicted molar refractivity (Wildman–Crippen MR) is 101 cm³/mol. The van der Waals surface area contributed by atoms with Crippen molar-refractivity contribution in [1.82, 2.24) is 0 Å². The van der Waals surface area contributed by atoms with Crippen LogP contribution in [-0.4, -0.2) is 40.5 Å². The first-order valence-corrected chi connectivity index (χ1v) is 9.36. The molecule has 2 aromatic carbocycles. The van der Waals surface area contributed by atoms with Crippen LogP contribution in [0.15, 0.2) is 60.7 Å².